The average Bonchev–Trinajstić information content (AvgIpc) is 1.80. The molecule has 1 N–H and O–H groups in total. The lowest BCUT2D eigenvalue weighted by molar-refractivity contribution is 0.123. The highest BCUT2D eigenvalue weighted by Crippen LogP contribution is 2.15. The van der Waals surface area contributed by atoms with Crippen LogP contribution in [0.5, 0.6) is 0 Å². The second-order valence-corrected chi connectivity index (χ2v) is 2.53. The van der Waals surface area contributed by atoms with Gasteiger partial charge in [0.15, 0.2) is 0 Å². The van der Waals surface area contributed by atoms with Crippen molar-refractivity contribution in [1.29, 1.82) is 0 Å². The molecule has 0 rings (SSSR count). The van der Waals surface area contributed by atoms with Crippen LogP contribution in [0.15, 0.2) is 29.4 Å². The summed E-state index contributed by atoms with van der Waals surface area (Å²) in [5.74, 6) is 0. The Kier molecular flexibility index (Phi) is 3.03. The van der Waals surface area contributed by atoms with Crippen LogP contribution in [0.3, 0.4) is 0 Å². The Morgan fingerprint density at radius 3 is 2.20 bits per heavy atom. The number of rotatable bonds is 3. The fourth-order valence-corrected chi connectivity index (χ4v) is 0.559. The lowest BCUT2D eigenvalue weighted by atomic mass is 10.00. The van der Waals surface area contributed by atoms with Crippen LogP contribution in [-0.2, 0) is 0 Å². The van der Waals surface area contributed by atoms with Gasteiger partial charge in [0.05, 0.1) is 5.60 Å². The Morgan fingerprint density at radius 1 is 1.60 bits per heavy atom. The minimum atomic E-state index is -0.872. The van der Waals surface area contributed by atoms with Gasteiger partial charge in [-0.1, -0.05) is 12.7 Å². The fourth-order valence-electron chi connectivity index (χ4n) is 0.559. The monoisotopic (exact) mass is 139 g/mol. The molecule has 0 unspecified atom stereocenters. The van der Waals surface area contributed by atoms with Crippen LogP contribution in [0.1, 0.15) is 13.8 Å². The van der Waals surface area contributed by atoms with Gasteiger partial charge in [-0.15, -0.1) is 0 Å². The SMILES string of the molecule is C=CC(=CN=C)C(C)(C)O. The zero-order valence-electron chi connectivity index (χ0n) is 6.46. The molecule has 0 aromatic heterocycles. The van der Waals surface area contributed by atoms with Crippen molar-refractivity contribution in [3.63, 3.8) is 0 Å². The van der Waals surface area contributed by atoms with Crippen LogP contribution in [0.2, 0.25) is 0 Å². The van der Waals surface area contributed by atoms with Gasteiger partial charge >= 0.3 is 0 Å². The second kappa shape index (κ2) is 3.32. The first-order valence-corrected chi connectivity index (χ1v) is 3.03. The molecule has 0 spiro atoms. The lowest BCUT2D eigenvalue weighted by Gasteiger charge is -2.17. The highest BCUT2D eigenvalue weighted by atomic mass is 16.3. The summed E-state index contributed by atoms with van der Waals surface area (Å²) in [6, 6.07) is 0. The zero-order chi connectivity index (χ0) is 8.20. The van der Waals surface area contributed by atoms with Crippen LogP contribution < -0.4 is 0 Å². The molecule has 10 heavy (non-hydrogen) atoms. The molecule has 0 aromatic rings. The molecule has 0 bridgehead atoms. The molecule has 56 valence electrons. The van der Waals surface area contributed by atoms with E-state index in [0.29, 0.717) is 5.57 Å². The Labute approximate surface area is 61.6 Å². The number of aliphatic imine (C=N–C) groups is 1. The molecule has 2 heteroatoms. The smallest absolute Gasteiger partial charge is 0.0855 e. The van der Waals surface area contributed by atoms with Crippen LogP contribution in [0, 0.1) is 0 Å². The zero-order valence-corrected chi connectivity index (χ0v) is 6.46. The van der Waals surface area contributed by atoms with Crippen molar-refractivity contribution in [2.75, 3.05) is 0 Å². The van der Waals surface area contributed by atoms with Crippen molar-refractivity contribution in [2.24, 2.45) is 4.99 Å². The molecule has 0 aliphatic heterocycles. The molecular formula is C8H13NO. The normalized spacial score (nSPS) is 12.9. The number of hydrogen-bond acceptors (Lipinski definition) is 2. The molecule has 0 aromatic carbocycles. The third kappa shape index (κ3) is 2.60. The standard InChI is InChI=1S/C8H13NO/c1-5-7(6-9-4)8(2,3)10/h5-6,10H,1,4H2,2-3H3. The maximum absolute atomic E-state index is 9.38. The topological polar surface area (TPSA) is 32.6 Å². The van der Waals surface area contributed by atoms with E-state index in [1.54, 1.807) is 19.9 Å². The van der Waals surface area contributed by atoms with Crippen molar-refractivity contribution in [1.82, 2.24) is 0 Å². The van der Waals surface area contributed by atoms with Gasteiger partial charge in [-0.05, 0) is 20.6 Å². The molecule has 0 atom stereocenters. The van der Waals surface area contributed by atoms with E-state index in [0.717, 1.165) is 0 Å². The Balaban J connectivity index is 4.51. The Morgan fingerprint density at radius 2 is 2.10 bits per heavy atom. The number of nitrogens with zero attached hydrogens (tertiary/aromatic N) is 1. The maximum Gasteiger partial charge on any atom is 0.0855 e. The number of hydrogen-bond donors (Lipinski definition) is 1. The minimum absolute atomic E-state index is 0.669. The van der Waals surface area contributed by atoms with Crippen molar-refractivity contribution in [3.8, 4) is 0 Å². The van der Waals surface area contributed by atoms with Crippen LogP contribution >= 0.6 is 0 Å². The summed E-state index contributed by atoms with van der Waals surface area (Å²) in [6.45, 7) is 10.2. The maximum atomic E-state index is 9.38. The van der Waals surface area contributed by atoms with Gasteiger partial charge in [-0.2, -0.15) is 0 Å². The van der Waals surface area contributed by atoms with Gasteiger partial charge in [0.1, 0.15) is 0 Å². The van der Waals surface area contributed by atoms with E-state index in [4.69, 9.17) is 0 Å². The van der Waals surface area contributed by atoms with Crippen molar-refractivity contribution >= 4 is 6.72 Å². The summed E-state index contributed by atoms with van der Waals surface area (Å²) in [4.78, 5) is 3.53. The number of aliphatic hydroxyl groups is 1. The lowest BCUT2D eigenvalue weighted by Crippen LogP contribution is -2.20. The highest BCUT2D eigenvalue weighted by Gasteiger charge is 2.15. The van der Waals surface area contributed by atoms with E-state index in [9.17, 15) is 5.11 Å². The Bertz CT molecular complexity index is 163. The quantitative estimate of drug-likeness (QED) is 0.466. The summed E-state index contributed by atoms with van der Waals surface area (Å²) < 4.78 is 0. The summed E-state index contributed by atoms with van der Waals surface area (Å²) in [6.07, 6.45) is 3.06. The largest absolute Gasteiger partial charge is 0.386 e. The summed E-state index contributed by atoms with van der Waals surface area (Å²) in [5, 5.41) is 9.38. The van der Waals surface area contributed by atoms with E-state index in [1.807, 2.05) is 0 Å². The molecule has 0 saturated heterocycles. The highest BCUT2D eigenvalue weighted by molar-refractivity contribution is 5.31. The van der Waals surface area contributed by atoms with E-state index in [-0.39, 0.29) is 0 Å². The molecule has 2 nitrogen and oxygen atoms in total. The molecule has 0 heterocycles. The first-order chi connectivity index (χ1) is 4.52. The van der Waals surface area contributed by atoms with Gasteiger partial charge in [0.25, 0.3) is 0 Å². The average molecular weight is 139 g/mol. The van der Waals surface area contributed by atoms with Crippen molar-refractivity contribution in [3.05, 3.63) is 24.4 Å². The third-order valence-corrected chi connectivity index (χ3v) is 1.16. The first-order valence-electron chi connectivity index (χ1n) is 3.03. The Hall–Kier alpha value is -0.890. The molecule has 0 aliphatic carbocycles. The predicted molar refractivity (Wildman–Crippen MR) is 44.1 cm³/mol. The molecular weight excluding hydrogens is 126 g/mol. The molecule has 0 saturated carbocycles. The van der Waals surface area contributed by atoms with E-state index >= 15 is 0 Å². The third-order valence-electron chi connectivity index (χ3n) is 1.16. The van der Waals surface area contributed by atoms with Crippen molar-refractivity contribution < 1.29 is 5.11 Å². The molecule has 0 radical (unpaired) electrons. The summed E-state index contributed by atoms with van der Waals surface area (Å²) in [5.41, 5.74) is -0.203. The molecule has 0 aliphatic rings. The minimum Gasteiger partial charge on any atom is -0.386 e. The molecule has 0 fully saturated rings. The summed E-state index contributed by atoms with van der Waals surface area (Å²) >= 11 is 0. The predicted octanol–water partition coefficient (Wildman–Crippen LogP) is 1.53. The van der Waals surface area contributed by atoms with Gasteiger partial charge < -0.3 is 5.11 Å². The fraction of sp³-hybridized carbons (Fsp3) is 0.375. The van der Waals surface area contributed by atoms with Gasteiger partial charge in [0.2, 0.25) is 0 Å². The van der Waals surface area contributed by atoms with E-state index < -0.39 is 5.60 Å². The van der Waals surface area contributed by atoms with E-state index in [2.05, 4.69) is 18.3 Å². The van der Waals surface area contributed by atoms with Gasteiger partial charge in [-0.3, -0.25) is 4.99 Å². The first kappa shape index (κ1) is 9.11. The van der Waals surface area contributed by atoms with Crippen molar-refractivity contribution in [2.45, 2.75) is 19.4 Å². The van der Waals surface area contributed by atoms with Crippen LogP contribution in [0.25, 0.3) is 0 Å². The van der Waals surface area contributed by atoms with E-state index in [1.165, 1.54) is 6.20 Å². The van der Waals surface area contributed by atoms with Crippen LogP contribution in [-0.4, -0.2) is 17.4 Å². The van der Waals surface area contributed by atoms with Crippen LogP contribution in [0.4, 0.5) is 0 Å². The summed E-state index contributed by atoms with van der Waals surface area (Å²) in [7, 11) is 0. The second-order valence-electron chi connectivity index (χ2n) is 2.53. The van der Waals surface area contributed by atoms with Gasteiger partial charge in [0, 0.05) is 11.8 Å². The van der Waals surface area contributed by atoms with Gasteiger partial charge in [-0.25, -0.2) is 0 Å². The molecule has 0 amide bonds.